The third-order valence-electron chi connectivity index (χ3n) is 6.33. The van der Waals surface area contributed by atoms with Crippen molar-refractivity contribution >= 4 is 23.2 Å². The van der Waals surface area contributed by atoms with Crippen molar-refractivity contribution in [1.29, 1.82) is 0 Å². The fourth-order valence-electron chi connectivity index (χ4n) is 4.44. The molecular formula is C24H28FN7O. The van der Waals surface area contributed by atoms with E-state index in [1.807, 2.05) is 47.0 Å². The molecule has 2 fully saturated rings. The average molecular weight is 450 g/mol. The molecule has 0 saturated carbocycles. The van der Waals surface area contributed by atoms with Crippen LogP contribution in [0.2, 0.25) is 0 Å². The molecule has 8 nitrogen and oxygen atoms in total. The Balaban J connectivity index is 1.32. The quantitative estimate of drug-likeness (QED) is 0.581. The Morgan fingerprint density at radius 3 is 2.36 bits per heavy atom. The Morgan fingerprint density at radius 2 is 1.64 bits per heavy atom. The molecule has 2 aliphatic rings. The van der Waals surface area contributed by atoms with E-state index in [1.165, 1.54) is 0 Å². The van der Waals surface area contributed by atoms with Gasteiger partial charge in [0, 0.05) is 43.6 Å². The minimum Gasteiger partial charge on any atom is -0.371 e. The molecule has 5 rings (SSSR count). The van der Waals surface area contributed by atoms with Crippen LogP contribution in [0.3, 0.4) is 0 Å². The van der Waals surface area contributed by atoms with E-state index >= 15 is 0 Å². The number of carbonyl (C=O) groups excluding carboxylic acids is 1. The second-order valence-corrected chi connectivity index (χ2v) is 8.80. The molecule has 0 N–H and O–H groups in total. The summed E-state index contributed by atoms with van der Waals surface area (Å²) in [7, 11) is 0. The zero-order valence-corrected chi connectivity index (χ0v) is 18.9. The largest absolute Gasteiger partial charge is 0.371 e. The van der Waals surface area contributed by atoms with Crippen molar-refractivity contribution in [1.82, 2.24) is 19.7 Å². The van der Waals surface area contributed by atoms with Gasteiger partial charge in [0.2, 0.25) is 0 Å². The molecule has 2 aliphatic heterocycles. The summed E-state index contributed by atoms with van der Waals surface area (Å²) in [5.41, 5.74) is 2.60. The number of aromatic nitrogens is 4. The zero-order chi connectivity index (χ0) is 22.9. The van der Waals surface area contributed by atoms with Crippen molar-refractivity contribution in [2.75, 3.05) is 40.9 Å². The third kappa shape index (κ3) is 4.15. The highest BCUT2D eigenvalue weighted by molar-refractivity contribution is 6.05. The van der Waals surface area contributed by atoms with Gasteiger partial charge in [0.05, 0.1) is 0 Å². The minimum absolute atomic E-state index is 0.101. The third-order valence-corrected chi connectivity index (χ3v) is 6.33. The maximum Gasteiger partial charge on any atom is 0.330 e. The first-order valence-electron chi connectivity index (χ1n) is 11.5. The number of amides is 2. The molecule has 1 aromatic carbocycles. The SMILES string of the molecule is CC(C)n1cnnc1-c1cccc(N2CCN(c3ccc(N4CCC(F)CC4)cc3)C2=O)n1. The van der Waals surface area contributed by atoms with Crippen LogP contribution in [0.1, 0.15) is 32.7 Å². The lowest BCUT2D eigenvalue weighted by Gasteiger charge is -2.31. The molecule has 0 spiro atoms. The molecule has 4 heterocycles. The van der Waals surface area contributed by atoms with Gasteiger partial charge in [-0.25, -0.2) is 14.2 Å². The number of anilines is 3. The normalized spacial score (nSPS) is 17.5. The Kier molecular flexibility index (Phi) is 5.70. The number of urea groups is 1. The number of rotatable bonds is 5. The van der Waals surface area contributed by atoms with Crippen molar-refractivity contribution in [3.63, 3.8) is 0 Å². The average Bonchev–Trinajstić information content (AvgIpc) is 3.47. The summed E-state index contributed by atoms with van der Waals surface area (Å²) in [4.78, 5) is 23.6. The molecule has 2 aromatic heterocycles. The predicted molar refractivity (Wildman–Crippen MR) is 127 cm³/mol. The molecule has 0 radical (unpaired) electrons. The van der Waals surface area contributed by atoms with Crippen molar-refractivity contribution in [3.8, 4) is 11.5 Å². The molecule has 0 bridgehead atoms. The molecule has 2 saturated heterocycles. The Bertz CT molecular complexity index is 1120. The number of piperidine rings is 1. The molecule has 0 aliphatic carbocycles. The molecule has 9 heteroatoms. The number of halogens is 1. The van der Waals surface area contributed by atoms with Crippen molar-refractivity contribution in [2.45, 2.75) is 38.9 Å². The number of nitrogens with zero attached hydrogens (tertiary/aromatic N) is 7. The summed E-state index contributed by atoms with van der Waals surface area (Å²) in [5, 5.41) is 8.24. The standard InChI is InChI=1S/C24H28FN7O/c1-17(2)32-16-26-28-23(32)21-4-3-5-22(27-21)31-15-14-30(24(31)33)20-8-6-19(7-9-20)29-12-10-18(25)11-13-29/h3-9,16-18H,10-15H2,1-2H3. The fourth-order valence-corrected chi connectivity index (χ4v) is 4.44. The first-order valence-corrected chi connectivity index (χ1v) is 11.5. The van der Waals surface area contributed by atoms with Crippen LogP contribution in [0, 0.1) is 0 Å². The molecule has 172 valence electrons. The van der Waals surface area contributed by atoms with Gasteiger partial charge in [-0.1, -0.05) is 6.07 Å². The summed E-state index contributed by atoms with van der Waals surface area (Å²) in [5.74, 6) is 1.28. The number of alkyl halides is 1. The Labute approximate surface area is 192 Å². The van der Waals surface area contributed by atoms with Gasteiger partial charge in [-0.15, -0.1) is 10.2 Å². The van der Waals surface area contributed by atoms with Crippen LogP contribution in [-0.4, -0.2) is 58.1 Å². The van der Waals surface area contributed by atoms with Crippen LogP contribution >= 0.6 is 0 Å². The number of hydrogen-bond acceptors (Lipinski definition) is 5. The van der Waals surface area contributed by atoms with Crippen LogP contribution in [0.25, 0.3) is 11.5 Å². The molecule has 0 unspecified atom stereocenters. The lowest BCUT2D eigenvalue weighted by atomic mass is 10.1. The van der Waals surface area contributed by atoms with E-state index in [4.69, 9.17) is 4.98 Å². The van der Waals surface area contributed by atoms with Crippen LogP contribution in [0.15, 0.2) is 48.8 Å². The second kappa shape index (κ2) is 8.80. The van der Waals surface area contributed by atoms with Gasteiger partial charge in [-0.2, -0.15) is 0 Å². The maximum atomic E-state index is 13.4. The van der Waals surface area contributed by atoms with E-state index in [1.54, 1.807) is 16.1 Å². The summed E-state index contributed by atoms with van der Waals surface area (Å²) in [6.07, 6.45) is 2.14. The van der Waals surface area contributed by atoms with E-state index in [0.29, 0.717) is 43.3 Å². The number of pyridine rings is 1. The summed E-state index contributed by atoms with van der Waals surface area (Å²) < 4.78 is 15.4. The van der Waals surface area contributed by atoms with Gasteiger partial charge in [0.15, 0.2) is 5.82 Å². The predicted octanol–water partition coefficient (Wildman–Crippen LogP) is 4.31. The zero-order valence-electron chi connectivity index (χ0n) is 18.9. The van der Waals surface area contributed by atoms with Gasteiger partial charge in [-0.3, -0.25) is 9.80 Å². The van der Waals surface area contributed by atoms with Crippen LogP contribution in [0.5, 0.6) is 0 Å². The number of benzene rings is 1. The second-order valence-electron chi connectivity index (χ2n) is 8.80. The van der Waals surface area contributed by atoms with Crippen molar-refractivity contribution < 1.29 is 9.18 Å². The van der Waals surface area contributed by atoms with E-state index in [2.05, 4.69) is 28.9 Å². The van der Waals surface area contributed by atoms with E-state index < -0.39 is 6.17 Å². The summed E-state index contributed by atoms with van der Waals surface area (Å²) in [6.45, 7) is 6.71. The van der Waals surface area contributed by atoms with E-state index in [-0.39, 0.29) is 12.1 Å². The van der Waals surface area contributed by atoms with E-state index in [9.17, 15) is 9.18 Å². The van der Waals surface area contributed by atoms with Crippen LogP contribution in [0.4, 0.5) is 26.4 Å². The van der Waals surface area contributed by atoms with Gasteiger partial charge < -0.3 is 9.47 Å². The Morgan fingerprint density at radius 1 is 0.939 bits per heavy atom. The molecule has 33 heavy (non-hydrogen) atoms. The van der Waals surface area contributed by atoms with Crippen molar-refractivity contribution in [2.24, 2.45) is 0 Å². The topological polar surface area (TPSA) is 70.4 Å². The van der Waals surface area contributed by atoms with Crippen molar-refractivity contribution in [3.05, 3.63) is 48.8 Å². The lowest BCUT2D eigenvalue weighted by Crippen LogP contribution is -2.34. The summed E-state index contributed by atoms with van der Waals surface area (Å²) >= 11 is 0. The van der Waals surface area contributed by atoms with Gasteiger partial charge in [0.1, 0.15) is 24.0 Å². The van der Waals surface area contributed by atoms with E-state index in [0.717, 1.165) is 24.5 Å². The highest BCUT2D eigenvalue weighted by Gasteiger charge is 2.32. The molecular weight excluding hydrogens is 421 g/mol. The number of hydrogen-bond donors (Lipinski definition) is 0. The molecule has 3 aromatic rings. The molecule has 0 atom stereocenters. The van der Waals surface area contributed by atoms with Crippen LogP contribution in [-0.2, 0) is 0 Å². The highest BCUT2D eigenvalue weighted by atomic mass is 19.1. The Hall–Kier alpha value is -3.49. The van der Waals surface area contributed by atoms with Gasteiger partial charge >= 0.3 is 6.03 Å². The lowest BCUT2D eigenvalue weighted by molar-refractivity contribution is 0.255. The first kappa shape index (κ1) is 21.4. The van der Waals surface area contributed by atoms with Crippen LogP contribution < -0.4 is 14.7 Å². The smallest absolute Gasteiger partial charge is 0.330 e. The fraction of sp³-hybridized carbons (Fsp3) is 0.417. The minimum atomic E-state index is -0.692. The number of carbonyl (C=O) groups is 1. The monoisotopic (exact) mass is 449 g/mol. The molecule has 2 amide bonds. The van der Waals surface area contributed by atoms with Gasteiger partial charge in [0.25, 0.3) is 0 Å². The first-order chi connectivity index (χ1) is 16.0. The summed E-state index contributed by atoms with van der Waals surface area (Å²) in [6, 6.07) is 13.7. The highest BCUT2D eigenvalue weighted by Crippen LogP contribution is 2.29. The van der Waals surface area contributed by atoms with Gasteiger partial charge in [-0.05, 0) is 63.1 Å². The maximum absolute atomic E-state index is 13.4.